The number of nitrogens with zero attached hydrogens (tertiary/aromatic N) is 4. The summed E-state index contributed by atoms with van der Waals surface area (Å²) in [6, 6.07) is 11.8. The second-order valence-electron chi connectivity index (χ2n) is 10.6. The molecule has 2 atom stereocenters. The maximum absolute atomic E-state index is 14.8. The van der Waals surface area contributed by atoms with Gasteiger partial charge in [-0.25, -0.2) is 19.3 Å². The number of nitrogens with one attached hydrogen (secondary N) is 2. The summed E-state index contributed by atoms with van der Waals surface area (Å²) >= 11 is 0. The van der Waals surface area contributed by atoms with Gasteiger partial charge in [-0.15, -0.1) is 0 Å². The number of pyridine rings is 1. The van der Waals surface area contributed by atoms with E-state index in [0.717, 1.165) is 16.8 Å². The molecule has 36 heavy (non-hydrogen) atoms. The highest BCUT2D eigenvalue weighted by molar-refractivity contribution is 5.64. The van der Waals surface area contributed by atoms with Crippen molar-refractivity contribution in [1.29, 1.82) is 0 Å². The van der Waals surface area contributed by atoms with Gasteiger partial charge in [0, 0.05) is 18.3 Å². The van der Waals surface area contributed by atoms with Crippen molar-refractivity contribution in [2.75, 3.05) is 11.9 Å². The van der Waals surface area contributed by atoms with Crippen LogP contribution in [-0.2, 0) is 0 Å². The van der Waals surface area contributed by atoms with Gasteiger partial charge in [-0.3, -0.25) is 4.40 Å². The standard InChI is InChI=1S/C28H33FN6O/c1-17(18-7-11-20(12-8-18)24(36)16-32-28(2,3)4)33-27-31-14-22(29)25(34-27)23-15-30-26-21(19-9-10-19)6-5-13-35(23)26/h5-8,11-15,17,19,24,32,36H,9-10,16H2,1-4H3,(H,31,33,34)/t17-,24?/m0/s1. The molecule has 1 unspecified atom stereocenters. The van der Waals surface area contributed by atoms with Gasteiger partial charge in [-0.1, -0.05) is 30.3 Å². The van der Waals surface area contributed by atoms with E-state index in [9.17, 15) is 9.50 Å². The lowest BCUT2D eigenvalue weighted by molar-refractivity contribution is 0.163. The Hall–Kier alpha value is -3.36. The van der Waals surface area contributed by atoms with Crippen LogP contribution in [0, 0.1) is 5.82 Å². The first-order chi connectivity index (χ1) is 17.2. The Kier molecular flexibility index (Phi) is 6.49. The molecule has 1 aliphatic carbocycles. The molecule has 0 saturated heterocycles. The molecule has 3 N–H and O–H groups in total. The number of benzene rings is 1. The zero-order valence-electron chi connectivity index (χ0n) is 21.2. The number of hydrogen-bond donors (Lipinski definition) is 3. The van der Waals surface area contributed by atoms with Gasteiger partial charge in [0.1, 0.15) is 11.3 Å². The SMILES string of the molecule is C[C@H](Nc1ncc(F)c(-c2cnc3c(C4CC4)cccn23)n1)c1ccc(C(O)CNC(C)(C)C)cc1. The van der Waals surface area contributed by atoms with Gasteiger partial charge in [0.2, 0.25) is 5.95 Å². The van der Waals surface area contributed by atoms with Gasteiger partial charge < -0.3 is 15.7 Å². The molecule has 0 bridgehead atoms. The number of rotatable bonds is 8. The molecule has 8 heteroatoms. The topological polar surface area (TPSA) is 87.4 Å². The maximum Gasteiger partial charge on any atom is 0.223 e. The van der Waals surface area contributed by atoms with Crippen LogP contribution in [0.4, 0.5) is 10.3 Å². The molecule has 0 radical (unpaired) electrons. The zero-order valence-corrected chi connectivity index (χ0v) is 21.2. The summed E-state index contributed by atoms with van der Waals surface area (Å²) in [5.41, 5.74) is 4.67. The molecular formula is C28H33FN6O. The highest BCUT2D eigenvalue weighted by atomic mass is 19.1. The lowest BCUT2D eigenvalue weighted by Crippen LogP contribution is -2.38. The third-order valence-corrected chi connectivity index (χ3v) is 6.56. The molecule has 5 rings (SSSR count). The summed E-state index contributed by atoms with van der Waals surface area (Å²) in [5.74, 6) is 0.388. The van der Waals surface area contributed by atoms with E-state index < -0.39 is 11.9 Å². The van der Waals surface area contributed by atoms with E-state index >= 15 is 0 Å². The predicted molar refractivity (Wildman–Crippen MR) is 139 cm³/mol. The second kappa shape index (κ2) is 9.59. The first-order valence-corrected chi connectivity index (χ1v) is 12.5. The van der Waals surface area contributed by atoms with Gasteiger partial charge in [-0.2, -0.15) is 0 Å². The van der Waals surface area contributed by atoms with Crippen molar-refractivity contribution in [3.63, 3.8) is 0 Å². The fourth-order valence-electron chi connectivity index (χ4n) is 4.34. The van der Waals surface area contributed by atoms with Crippen molar-refractivity contribution in [3.8, 4) is 11.4 Å². The van der Waals surface area contributed by atoms with Crippen molar-refractivity contribution in [2.45, 2.75) is 64.1 Å². The number of halogens is 1. The van der Waals surface area contributed by atoms with Crippen molar-refractivity contribution >= 4 is 11.6 Å². The van der Waals surface area contributed by atoms with E-state index in [-0.39, 0.29) is 17.3 Å². The van der Waals surface area contributed by atoms with Crippen LogP contribution in [0.5, 0.6) is 0 Å². The number of anilines is 1. The number of imidazole rings is 1. The Bertz CT molecular complexity index is 1360. The van der Waals surface area contributed by atoms with Crippen molar-refractivity contribution in [1.82, 2.24) is 24.7 Å². The Balaban J connectivity index is 1.33. The molecule has 0 aliphatic heterocycles. The minimum absolute atomic E-state index is 0.0594. The summed E-state index contributed by atoms with van der Waals surface area (Å²) in [4.78, 5) is 13.3. The normalized spacial score (nSPS) is 15.7. The van der Waals surface area contributed by atoms with Crippen LogP contribution >= 0.6 is 0 Å². The summed E-state index contributed by atoms with van der Waals surface area (Å²) in [7, 11) is 0. The fraction of sp³-hybridized carbons (Fsp3) is 0.393. The van der Waals surface area contributed by atoms with Crippen LogP contribution in [0.15, 0.2) is 55.0 Å². The number of fused-ring (bicyclic) bond motifs is 1. The van der Waals surface area contributed by atoms with Crippen LogP contribution in [0.1, 0.15) is 75.3 Å². The molecule has 1 aliphatic rings. The maximum atomic E-state index is 14.8. The molecule has 0 spiro atoms. The molecule has 1 saturated carbocycles. The van der Waals surface area contributed by atoms with Gasteiger partial charge in [0.05, 0.1) is 30.2 Å². The first-order valence-electron chi connectivity index (χ1n) is 12.5. The van der Waals surface area contributed by atoms with E-state index in [1.165, 1.54) is 24.6 Å². The van der Waals surface area contributed by atoms with E-state index in [1.807, 2.05) is 47.9 Å². The third-order valence-electron chi connectivity index (χ3n) is 6.56. The minimum atomic E-state index is -0.588. The lowest BCUT2D eigenvalue weighted by Gasteiger charge is -2.23. The summed E-state index contributed by atoms with van der Waals surface area (Å²) in [6.07, 6.45) is 6.53. The van der Waals surface area contributed by atoms with Crippen LogP contribution in [-0.4, -0.2) is 36.5 Å². The molecule has 3 aromatic heterocycles. The Morgan fingerprint density at radius 2 is 1.81 bits per heavy atom. The Morgan fingerprint density at radius 1 is 1.08 bits per heavy atom. The van der Waals surface area contributed by atoms with Crippen molar-refractivity contribution < 1.29 is 9.50 Å². The smallest absolute Gasteiger partial charge is 0.223 e. The van der Waals surface area contributed by atoms with Gasteiger partial charge in [0.25, 0.3) is 0 Å². The van der Waals surface area contributed by atoms with Crippen molar-refractivity contribution in [2.24, 2.45) is 0 Å². The van der Waals surface area contributed by atoms with Crippen LogP contribution in [0.25, 0.3) is 17.0 Å². The molecular weight excluding hydrogens is 455 g/mol. The predicted octanol–water partition coefficient (Wildman–Crippen LogP) is 5.40. The third kappa shape index (κ3) is 5.24. The minimum Gasteiger partial charge on any atom is -0.387 e. The van der Waals surface area contributed by atoms with E-state index in [4.69, 9.17) is 0 Å². The van der Waals surface area contributed by atoms with E-state index in [0.29, 0.717) is 24.1 Å². The average Bonchev–Trinajstić information content (AvgIpc) is 3.61. The largest absolute Gasteiger partial charge is 0.387 e. The molecule has 0 amide bonds. The number of hydrogen-bond acceptors (Lipinski definition) is 6. The Morgan fingerprint density at radius 3 is 2.50 bits per heavy atom. The quantitative estimate of drug-likeness (QED) is 0.308. The van der Waals surface area contributed by atoms with Crippen LogP contribution < -0.4 is 10.6 Å². The summed E-state index contributed by atoms with van der Waals surface area (Å²) in [5, 5.41) is 17.1. The highest BCUT2D eigenvalue weighted by Gasteiger charge is 2.27. The zero-order chi connectivity index (χ0) is 25.4. The highest BCUT2D eigenvalue weighted by Crippen LogP contribution is 2.42. The molecule has 1 fully saturated rings. The number of β-amino-alcohol motifs (C(OH)–C–C–N with tert-alkyl or cyclic N) is 1. The van der Waals surface area contributed by atoms with Crippen molar-refractivity contribution in [3.05, 3.63) is 77.5 Å². The number of aliphatic hydroxyl groups is 1. The van der Waals surface area contributed by atoms with E-state index in [1.54, 1.807) is 6.20 Å². The lowest BCUT2D eigenvalue weighted by atomic mass is 10.0. The van der Waals surface area contributed by atoms with Crippen LogP contribution in [0.2, 0.25) is 0 Å². The number of aliphatic hydroxyl groups excluding tert-OH is 1. The Labute approximate surface area is 210 Å². The van der Waals surface area contributed by atoms with E-state index in [2.05, 4.69) is 52.4 Å². The number of aromatic nitrogens is 4. The first kappa shape index (κ1) is 24.3. The fourth-order valence-corrected chi connectivity index (χ4v) is 4.34. The molecule has 188 valence electrons. The molecule has 7 nitrogen and oxygen atoms in total. The summed E-state index contributed by atoms with van der Waals surface area (Å²) in [6.45, 7) is 8.68. The van der Waals surface area contributed by atoms with Gasteiger partial charge in [0.15, 0.2) is 5.82 Å². The average molecular weight is 489 g/mol. The monoisotopic (exact) mass is 488 g/mol. The second-order valence-corrected chi connectivity index (χ2v) is 10.6. The summed E-state index contributed by atoms with van der Waals surface area (Å²) < 4.78 is 16.7. The van der Waals surface area contributed by atoms with Gasteiger partial charge in [-0.05, 0) is 69.2 Å². The molecule has 4 aromatic rings. The van der Waals surface area contributed by atoms with Gasteiger partial charge >= 0.3 is 0 Å². The molecule has 1 aromatic carbocycles. The van der Waals surface area contributed by atoms with Crippen LogP contribution in [0.3, 0.4) is 0 Å². The molecule has 3 heterocycles.